The van der Waals surface area contributed by atoms with Crippen LogP contribution in [0.15, 0.2) is 23.1 Å². The van der Waals surface area contributed by atoms with E-state index in [0.29, 0.717) is 19.0 Å². The summed E-state index contributed by atoms with van der Waals surface area (Å²) in [4.78, 5) is 28.7. The summed E-state index contributed by atoms with van der Waals surface area (Å²) in [6.45, 7) is 5.96. The maximum absolute atomic E-state index is 12.4. The number of likely N-dealkylation sites (tertiary alicyclic amines) is 1. The highest BCUT2D eigenvalue weighted by molar-refractivity contribution is 7.90. The zero-order valence-corrected chi connectivity index (χ0v) is 17.5. The average molecular weight is 428 g/mol. The summed E-state index contributed by atoms with van der Waals surface area (Å²) in [5, 5.41) is 2.94. The van der Waals surface area contributed by atoms with Crippen LogP contribution in [-0.4, -0.2) is 61.9 Å². The van der Waals surface area contributed by atoms with E-state index < -0.39 is 21.3 Å². The van der Waals surface area contributed by atoms with E-state index in [2.05, 4.69) is 29.0 Å². The van der Waals surface area contributed by atoms with Gasteiger partial charge in [0.15, 0.2) is 0 Å². The Hall–Kier alpha value is -1.09. The molecule has 0 aliphatic carbocycles. The molecule has 2 atom stereocenters. The molecule has 1 aromatic heterocycles. The molecule has 1 saturated heterocycles. The van der Waals surface area contributed by atoms with E-state index in [0.717, 1.165) is 6.54 Å². The number of H-pyrrole nitrogens is 1. The Morgan fingerprint density at radius 1 is 1.35 bits per heavy atom. The first-order valence-electron chi connectivity index (χ1n) is 8.06. The van der Waals surface area contributed by atoms with Gasteiger partial charge < -0.3 is 10.3 Å². The zero-order valence-electron chi connectivity index (χ0n) is 15.1. The SMILES string of the molecule is CC(C)[C@H]1CN(CCS(C)(=O)=O)C[C@@H]1NC(=O)c1ccc[nH]c1=O.Cl.Cl. The first-order valence-corrected chi connectivity index (χ1v) is 10.1. The van der Waals surface area contributed by atoms with E-state index in [-0.39, 0.29) is 48.1 Å². The van der Waals surface area contributed by atoms with Gasteiger partial charge in [0.1, 0.15) is 15.4 Å². The van der Waals surface area contributed by atoms with Crippen molar-refractivity contribution in [3.8, 4) is 0 Å². The van der Waals surface area contributed by atoms with Gasteiger partial charge in [-0.1, -0.05) is 13.8 Å². The molecule has 2 heterocycles. The molecule has 1 aliphatic heterocycles. The van der Waals surface area contributed by atoms with Crippen LogP contribution in [0.4, 0.5) is 0 Å². The number of hydrogen-bond donors (Lipinski definition) is 2. The van der Waals surface area contributed by atoms with Crippen molar-refractivity contribution in [3.63, 3.8) is 0 Å². The van der Waals surface area contributed by atoms with Gasteiger partial charge in [0.2, 0.25) is 0 Å². The summed E-state index contributed by atoms with van der Waals surface area (Å²) in [5.74, 6) is 0.276. The largest absolute Gasteiger partial charge is 0.348 e. The summed E-state index contributed by atoms with van der Waals surface area (Å²) in [6.07, 6.45) is 2.71. The van der Waals surface area contributed by atoms with Crippen molar-refractivity contribution in [2.24, 2.45) is 11.8 Å². The lowest BCUT2D eigenvalue weighted by molar-refractivity contribution is 0.0923. The molecular formula is C16H27Cl2N3O4S. The van der Waals surface area contributed by atoms with Crippen molar-refractivity contribution in [1.82, 2.24) is 15.2 Å². The van der Waals surface area contributed by atoms with E-state index in [1.54, 1.807) is 6.07 Å². The minimum Gasteiger partial charge on any atom is -0.348 e. The Balaban J connectivity index is 0.00000312. The van der Waals surface area contributed by atoms with Gasteiger partial charge in [-0.15, -0.1) is 24.8 Å². The van der Waals surface area contributed by atoms with Crippen molar-refractivity contribution in [2.45, 2.75) is 19.9 Å². The second-order valence-electron chi connectivity index (χ2n) is 6.79. The van der Waals surface area contributed by atoms with Gasteiger partial charge in [-0.05, 0) is 24.0 Å². The van der Waals surface area contributed by atoms with E-state index in [4.69, 9.17) is 0 Å². The van der Waals surface area contributed by atoms with Crippen LogP contribution in [0.2, 0.25) is 0 Å². The third kappa shape index (κ3) is 6.90. The van der Waals surface area contributed by atoms with Gasteiger partial charge in [0.05, 0.1) is 5.75 Å². The lowest BCUT2D eigenvalue weighted by Gasteiger charge is -2.22. The molecule has 150 valence electrons. The molecular weight excluding hydrogens is 401 g/mol. The highest BCUT2D eigenvalue weighted by Crippen LogP contribution is 2.24. The lowest BCUT2D eigenvalue weighted by atomic mass is 9.91. The lowest BCUT2D eigenvalue weighted by Crippen LogP contribution is -2.43. The first kappa shape index (κ1) is 24.9. The summed E-state index contributed by atoms with van der Waals surface area (Å²) < 4.78 is 22.7. The molecule has 2 rings (SSSR count). The highest BCUT2D eigenvalue weighted by atomic mass is 35.5. The predicted molar refractivity (Wildman–Crippen MR) is 107 cm³/mol. The van der Waals surface area contributed by atoms with Crippen molar-refractivity contribution in [1.29, 1.82) is 0 Å². The number of nitrogens with one attached hydrogen (secondary N) is 2. The molecule has 0 aromatic carbocycles. The number of sulfone groups is 1. The van der Waals surface area contributed by atoms with Crippen molar-refractivity contribution in [3.05, 3.63) is 34.2 Å². The minimum absolute atomic E-state index is 0. The Morgan fingerprint density at radius 3 is 2.54 bits per heavy atom. The Bertz CT molecular complexity index is 752. The Kier molecular flexibility index (Phi) is 9.87. The van der Waals surface area contributed by atoms with E-state index >= 15 is 0 Å². The molecule has 7 nitrogen and oxygen atoms in total. The summed E-state index contributed by atoms with van der Waals surface area (Å²) in [7, 11) is -3.01. The Labute approximate surface area is 166 Å². The fourth-order valence-corrected chi connectivity index (χ4v) is 3.66. The fourth-order valence-electron chi connectivity index (χ4n) is 3.07. The predicted octanol–water partition coefficient (Wildman–Crippen LogP) is 0.949. The van der Waals surface area contributed by atoms with E-state index in [9.17, 15) is 18.0 Å². The van der Waals surface area contributed by atoms with Crippen LogP contribution >= 0.6 is 24.8 Å². The van der Waals surface area contributed by atoms with Crippen LogP contribution in [0.5, 0.6) is 0 Å². The molecule has 0 unspecified atom stereocenters. The van der Waals surface area contributed by atoms with Gasteiger partial charge in [-0.25, -0.2) is 8.42 Å². The van der Waals surface area contributed by atoms with Crippen molar-refractivity contribution >= 4 is 40.6 Å². The normalized spacial score (nSPS) is 20.3. The molecule has 1 aromatic rings. The summed E-state index contributed by atoms with van der Waals surface area (Å²) >= 11 is 0. The molecule has 0 saturated carbocycles. The number of rotatable bonds is 6. The van der Waals surface area contributed by atoms with Gasteiger partial charge in [0.25, 0.3) is 11.5 Å². The molecule has 2 N–H and O–H groups in total. The number of pyridine rings is 1. The molecule has 0 radical (unpaired) electrons. The smallest absolute Gasteiger partial charge is 0.260 e. The van der Waals surface area contributed by atoms with E-state index in [1.165, 1.54) is 18.5 Å². The minimum atomic E-state index is -3.01. The fraction of sp³-hybridized carbons (Fsp3) is 0.625. The molecule has 1 amide bonds. The van der Waals surface area contributed by atoms with Crippen LogP contribution in [-0.2, 0) is 9.84 Å². The molecule has 0 bridgehead atoms. The molecule has 0 spiro atoms. The summed E-state index contributed by atoms with van der Waals surface area (Å²) in [6, 6.07) is 3.01. The van der Waals surface area contributed by atoms with Crippen LogP contribution in [0.25, 0.3) is 0 Å². The van der Waals surface area contributed by atoms with Crippen molar-refractivity contribution < 1.29 is 13.2 Å². The zero-order chi connectivity index (χ0) is 17.9. The number of amides is 1. The number of hydrogen-bond acceptors (Lipinski definition) is 5. The highest BCUT2D eigenvalue weighted by Gasteiger charge is 2.36. The number of aromatic amines is 1. The second kappa shape index (κ2) is 10.3. The maximum atomic E-state index is 12.4. The summed E-state index contributed by atoms with van der Waals surface area (Å²) in [5.41, 5.74) is -0.322. The number of carbonyl (C=O) groups is 1. The third-order valence-electron chi connectivity index (χ3n) is 4.45. The average Bonchev–Trinajstić information content (AvgIpc) is 2.88. The number of aromatic nitrogens is 1. The molecule has 10 heteroatoms. The number of carbonyl (C=O) groups excluding carboxylic acids is 1. The quantitative estimate of drug-likeness (QED) is 0.703. The maximum Gasteiger partial charge on any atom is 0.260 e. The topological polar surface area (TPSA) is 99.3 Å². The van der Waals surface area contributed by atoms with Crippen LogP contribution in [0.1, 0.15) is 24.2 Å². The van der Waals surface area contributed by atoms with Crippen LogP contribution in [0, 0.1) is 11.8 Å². The molecule has 26 heavy (non-hydrogen) atoms. The van der Waals surface area contributed by atoms with Gasteiger partial charge in [-0.2, -0.15) is 0 Å². The van der Waals surface area contributed by atoms with Crippen LogP contribution in [0.3, 0.4) is 0 Å². The number of nitrogens with zero attached hydrogens (tertiary/aromatic N) is 1. The van der Waals surface area contributed by atoms with Gasteiger partial charge >= 0.3 is 0 Å². The monoisotopic (exact) mass is 427 g/mol. The molecule has 1 fully saturated rings. The standard InChI is InChI=1S/C16H25N3O4S.2ClH/c1-11(2)13-9-19(7-8-24(3,22)23)10-14(13)18-16(21)12-5-4-6-17-15(12)20;;/h4-6,11,13-14H,7-10H2,1-3H3,(H,17,20)(H,18,21);2*1H/t13-,14+;;/m1../s1. The van der Waals surface area contributed by atoms with E-state index in [1.807, 2.05) is 0 Å². The molecule has 1 aliphatic rings. The number of halogens is 2. The van der Waals surface area contributed by atoms with Gasteiger partial charge in [0, 0.05) is 38.1 Å². The third-order valence-corrected chi connectivity index (χ3v) is 5.38. The second-order valence-corrected chi connectivity index (χ2v) is 9.05. The van der Waals surface area contributed by atoms with Crippen molar-refractivity contribution in [2.75, 3.05) is 31.6 Å². The van der Waals surface area contributed by atoms with Crippen LogP contribution < -0.4 is 10.9 Å². The Morgan fingerprint density at radius 2 is 2.00 bits per heavy atom. The first-order chi connectivity index (χ1) is 11.2. The van der Waals surface area contributed by atoms with Gasteiger partial charge in [-0.3, -0.25) is 14.5 Å².